The van der Waals surface area contributed by atoms with Gasteiger partial charge >= 0.3 is 6.09 Å². The Morgan fingerprint density at radius 3 is 2.58 bits per heavy atom. The van der Waals surface area contributed by atoms with E-state index < -0.39 is 0 Å². The molecule has 1 fully saturated rings. The number of carbonyl (C=O) groups excluding carboxylic acids is 1. The molecule has 1 aromatic heterocycles. The lowest BCUT2D eigenvalue weighted by Gasteiger charge is -2.35. The minimum atomic E-state index is -0.277. The monoisotopic (exact) mass is 420 g/mol. The van der Waals surface area contributed by atoms with E-state index in [0.717, 1.165) is 10.2 Å². The number of amides is 1. The maximum Gasteiger partial charge on any atom is 0.409 e. The lowest BCUT2D eigenvalue weighted by atomic mass is 10.3. The van der Waals surface area contributed by atoms with Crippen molar-refractivity contribution in [2.24, 2.45) is 0 Å². The molecular formula is C17H21BrN6O2. The Balaban J connectivity index is 1.70. The van der Waals surface area contributed by atoms with Crippen LogP contribution >= 0.6 is 15.9 Å². The van der Waals surface area contributed by atoms with Crippen LogP contribution in [0.5, 0.6) is 0 Å². The molecule has 0 aliphatic carbocycles. The number of nitrogen functional groups attached to an aromatic ring is 1. The predicted octanol–water partition coefficient (Wildman–Crippen LogP) is 2.84. The molecule has 8 nitrogen and oxygen atoms in total. The van der Waals surface area contributed by atoms with Crippen molar-refractivity contribution in [1.29, 1.82) is 0 Å². The van der Waals surface area contributed by atoms with Gasteiger partial charge in [0.05, 0.1) is 6.61 Å². The van der Waals surface area contributed by atoms with E-state index in [-0.39, 0.29) is 6.09 Å². The minimum absolute atomic E-state index is 0.277. The average molecular weight is 421 g/mol. The molecular weight excluding hydrogens is 400 g/mol. The van der Waals surface area contributed by atoms with E-state index in [1.54, 1.807) is 11.8 Å². The number of anilines is 4. The van der Waals surface area contributed by atoms with Crippen LogP contribution in [-0.2, 0) is 4.74 Å². The molecule has 0 spiro atoms. The molecule has 0 atom stereocenters. The molecule has 1 aliphatic heterocycles. The molecule has 26 heavy (non-hydrogen) atoms. The number of hydrogen-bond acceptors (Lipinski definition) is 7. The summed E-state index contributed by atoms with van der Waals surface area (Å²) in [6.45, 7) is 4.59. The van der Waals surface area contributed by atoms with Gasteiger partial charge in [-0.25, -0.2) is 14.8 Å². The smallest absolute Gasteiger partial charge is 0.409 e. The largest absolute Gasteiger partial charge is 0.450 e. The van der Waals surface area contributed by atoms with E-state index in [1.165, 1.54) is 6.33 Å². The molecule has 3 N–H and O–H groups in total. The van der Waals surface area contributed by atoms with Gasteiger partial charge in [0.1, 0.15) is 12.0 Å². The first-order valence-corrected chi connectivity index (χ1v) is 9.17. The molecule has 3 rings (SSSR count). The van der Waals surface area contributed by atoms with Gasteiger partial charge in [-0.15, -0.1) is 0 Å². The Morgan fingerprint density at radius 2 is 1.92 bits per heavy atom. The van der Waals surface area contributed by atoms with Crippen LogP contribution in [0, 0.1) is 0 Å². The third-order valence-electron chi connectivity index (χ3n) is 4.08. The Labute approximate surface area is 160 Å². The van der Waals surface area contributed by atoms with Gasteiger partial charge in [-0.2, -0.15) is 0 Å². The van der Waals surface area contributed by atoms with Crippen molar-refractivity contribution in [1.82, 2.24) is 14.9 Å². The first-order valence-electron chi connectivity index (χ1n) is 8.38. The lowest BCUT2D eigenvalue weighted by Crippen LogP contribution is -2.49. The van der Waals surface area contributed by atoms with Crippen molar-refractivity contribution >= 4 is 45.0 Å². The van der Waals surface area contributed by atoms with Gasteiger partial charge in [-0.1, -0.05) is 15.9 Å². The van der Waals surface area contributed by atoms with Gasteiger partial charge < -0.3 is 25.6 Å². The Morgan fingerprint density at radius 1 is 1.23 bits per heavy atom. The standard InChI is InChI=1S/C17H21BrN6O2/c1-2-26-17(25)24-9-7-23(8-10-24)16-14(19)15(20-11-21-16)22-13-5-3-12(18)4-6-13/h3-6,11H,2,7-10,19H2,1H3,(H,20,21,22). The summed E-state index contributed by atoms with van der Waals surface area (Å²) in [5.74, 6) is 1.23. The molecule has 0 radical (unpaired) electrons. The maximum absolute atomic E-state index is 11.8. The number of hydrogen-bond donors (Lipinski definition) is 2. The van der Waals surface area contributed by atoms with E-state index >= 15 is 0 Å². The molecule has 2 heterocycles. The Bertz CT molecular complexity index is 762. The lowest BCUT2D eigenvalue weighted by molar-refractivity contribution is 0.105. The number of nitrogens with two attached hydrogens (primary N) is 1. The van der Waals surface area contributed by atoms with E-state index in [2.05, 4.69) is 36.1 Å². The molecule has 2 aromatic rings. The molecule has 9 heteroatoms. The van der Waals surface area contributed by atoms with Crippen molar-refractivity contribution in [3.8, 4) is 0 Å². The van der Waals surface area contributed by atoms with Crippen LogP contribution in [0.3, 0.4) is 0 Å². The molecule has 138 valence electrons. The van der Waals surface area contributed by atoms with Gasteiger partial charge in [0.25, 0.3) is 0 Å². The molecule has 0 saturated carbocycles. The number of carbonyl (C=O) groups is 1. The summed E-state index contributed by atoms with van der Waals surface area (Å²) >= 11 is 3.41. The quantitative estimate of drug-likeness (QED) is 0.784. The molecule has 0 unspecified atom stereocenters. The second-order valence-corrected chi connectivity index (χ2v) is 6.68. The van der Waals surface area contributed by atoms with Gasteiger partial charge in [-0.3, -0.25) is 0 Å². The highest BCUT2D eigenvalue weighted by atomic mass is 79.9. The predicted molar refractivity (Wildman–Crippen MR) is 105 cm³/mol. The fraction of sp³-hybridized carbons (Fsp3) is 0.353. The Hall–Kier alpha value is -2.55. The number of ether oxygens (including phenoxy) is 1. The molecule has 0 bridgehead atoms. The number of benzene rings is 1. The van der Waals surface area contributed by atoms with Crippen molar-refractivity contribution in [2.75, 3.05) is 48.7 Å². The highest BCUT2D eigenvalue weighted by Crippen LogP contribution is 2.29. The third-order valence-corrected chi connectivity index (χ3v) is 4.60. The molecule has 1 amide bonds. The first kappa shape index (κ1) is 18.2. The SMILES string of the molecule is CCOC(=O)N1CCN(c2ncnc(Nc3ccc(Br)cc3)c2N)CC1. The van der Waals surface area contributed by atoms with Crippen LogP contribution in [0.4, 0.5) is 27.8 Å². The van der Waals surface area contributed by atoms with E-state index in [9.17, 15) is 4.79 Å². The zero-order valence-electron chi connectivity index (χ0n) is 14.5. The summed E-state index contributed by atoms with van der Waals surface area (Å²) in [4.78, 5) is 24.1. The van der Waals surface area contributed by atoms with E-state index in [1.807, 2.05) is 24.3 Å². The third kappa shape index (κ3) is 4.16. The number of nitrogens with zero attached hydrogens (tertiary/aromatic N) is 4. The molecule has 1 aliphatic rings. The summed E-state index contributed by atoms with van der Waals surface area (Å²) in [7, 11) is 0. The highest BCUT2D eigenvalue weighted by Gasteiger charge is 2.24. The summed E-state index contributed by atoms with van der Waals surface area (Å²) in [5.41, 5.74) is 7.66. The fourth-order valence-corrected chi connectivity index (χ4v) is 2.99. The van der Waals surface area contributed by atoms with Crippen LogP contribution in [-0.4, -0.2) is 53.7 Å². The second-order valence-electron chi connectivity index (χ2n) is 5.76. The summed E-state index contributed by atoms with van der Waals surface area (Å²) in [5, 5.41) is 3.21. The minimum Gasteiger partial charge on any atom is -0.450 e. The van der Waals surface area contributed by atoms with Crippen LogP contribution in [0.1, 0.15) is 6.92 Å². The van der Waals surface area contributed by atoms with Gasteiger partial charge in [0.15, 0.2) is 11.6 Å². The summed E-state index contributed by atoms with van der Waals surface area (Å²) in [6, 6.07) is 7.75. The van der Waals surface area contributed by atoms with E-state index in [0.29, 0.717) is 50.1 Å². The van der Waals surface area contributed by atoms with Crippen LogP contribution < -0.4 is 16.0 Å². The van der Waals surface area contributed by atoms with Crippen molar-refractivity contribution < 1.29 is 9.53 Å². The Kier molecular flexibility index (Phi) is 5.77. The van der Waals surface area contributed by atoms with Crippen LogP contribution in [0.2, 0.25) is 0 Å². The first-order chi connectivity index (χ1) is 12.6. The zero-order chi connectivity index (χ0) is 18.5. The molecule has 1 aromatic carbocycles. The summed E-state index contributed by atoms with van der Waals surface area (Å²) < 4.78 is 6.04. The van der Waals surface area contributed by atoms with Crippen molar-refractivity contribution in [3.63, 3.8) is 0 Å². The van der Waals surface area contributed by atoms with Gasteiger partial charge in [-0.05, 0) is 31.2 Å². The number of rotatable bonds is 4. The van der Waals surface area contributed by atoms with E-state index in [4.69, 9.17) is 10.5 Å². The van der Waals surface area contributed by atoms with Crippen LogP contribution in [0.25, 0.3) is 0 Å². The van der Waals surface area contributed by atoms with Crippen LogP contribution in [0.15, 0.2) is 35.1 Å². The summed E-state index contributed by atoms with van der Waals surface area (Å²) in [6.07, 6.45) is 1.21. The topological polar surface area (TPSA) is 96.6 Å². The van der Waals surface area contributed by atoms with Gasteiger partial charge in [0, 0.05) is 36.3 Å². The number of aromatic nitrogens is 2. The fourth-order valence-electron chi connectivity index (χ4n) is 2.72. The van der Waals surface area contributed by atoms with Crippen molar-refractivity contribution in [3.05, 3.63) is 35.1 Å². The second kappa shape index (κ2) is 8.22. The number of piperazine rings is 1. The van der Waals surface area contributed by atoms with Crippen molar-refractivity contribution in [2.45, 2.75) is 6.92 Å². The zero-order valence-corrected chi connectivity index (χ0v) is 16.1. The highest BCUT2D eigenvalue weighted by molar-refractivity contribution is 9.10. The van der Waals surface area contributed by atoms with Gasteiger partial charge in [0.2, 0.25) is 0 Å². The average Bonchev–Trinajstić information content (AvgIpc) is 2.66. The number of nitrogens with one attached hydrogen (secondary N) is 1. The maximum atomic E-state index is 11.8. The number of halogens is 1. The normalized spacial score (nSPS) is 14.2. The molecule has 1 saturated heterocycles.